The molecule has 1 heteroatoms. The average molecular weight is 110 g/mol. The molecule has 0 aliphatic carbocycles. The summed E-state index contributed by atoms with van der Waals surface area (Å²) in [6.45, 7) is 4.22. The van der Waals surface area contributed by atoms with E-state index in [1.807, 2.05) is 0 Å². The first kappa shape index (κ1) is 4.57. The van der Waals surface area contributed by atoms with Gasteiger partial charge >= 0.3 is 0 Å². The summed E-state index contributed by atoms with van der Waals surface area (Å²) >= 11 is 0. The zero-order chi connectivity index (χ0) is 5.45. The highest BCUT2D eigenvalue weighted by molar-refractivity contribution is 4.84. The average Bonchev–Trinajstić information content (AvgIpc) is 2.07. The second-order valence-electron chi connectivity index (χ2n) is 2.92. The molecule has 0 aromatic carbocycles. The molecular formula is C7H12N+. The fraction of sp³-hybridized carbons (Fsp3) is 0.714. The standard InChI is InChI=1S/C7H12N/c1-2-5-8(4-1)6-3-7-8/h1,4H,2-3,5-7H2/q+1. The fourth-order valence-electron chi connectivity index (χ4n) is 1.64. The van der Waals surface area contributed by atoms with E-state index in [9.17, 15) is 0 Å². The van der Waals surface area contributed by atoms with Crippen LogP contribution in [0.3, 0.4) is 0 Å². The maximum Gasteiger partial charge on any atom is 0.0920 e. The number of nitrogens with zero attached hydrogens (tertiary/aromatic N) is 1. The highest BCUT2D eigenvalue weighted by Crippen LogP contribution is 2.25. The lowest BCUT2D eigenvalue weighted by molar-refractivity contribution is -0.912. The second-order valence-corrected chi connectivity index (χ2v) is 2.92. The van der Waals surface area contributed by atoms with Gasteiger partial charge in [0.2, 0.25) is 0 Å². The van der Waals surface area contributed by atoms with Gasteiger partial charge in [-0.05, 0) is 6.08 Å². The van der Waals surface area contributed by atoms with E-state index in [0.717, 1.165) is 0 Å². The van der Waals surface area contributed by atoms with Crippen molar-refractivity contribution < 1.29 is 4.48 Å². The third-order valence-corrected chi connectivity index (χ3v) is 2.37. The van der Waals surface area contributed by atoms with Gasteiger partial charge in [-0.15, -0.1) is 0 Å². The Morgan fingerprint density at radius 3 is 2.25 bits per heavy atom. The molecule has 2 heterocycles. The molecule has 0 aromatic rings. The van der Waals surface area contributed by atoms with Crippen LogP contribution in [0.15, 0.2) is 12.3 Å². The smallest absolute Gasteiger partial charge is 0.0920 e. The van der Waals surface area contributed by atoms with Crippen molar-refractivity contribution in [3.8, 4) is 0 Å². The van der Waals surface area contributed by atoms with Crippen molar-refractivity contribution >= 4 is 0 Å². The zero-order valence-electron chi connectivity index (χ0n) is 5.14. The van der Waals surface area contributed by atoms with Crippen molar-refractivity contribution in [2.24, 2.45) is 0 Å². The minimum Gasteiger partial charge on any atom is -0.297 e. The van der Waals surface area contributed by atoms with Gasteiger partial charge in [0.15, 0.2) is 0 Å². The molecule has 0 aromatic heterocycles. The molecule has 1 fully saturated rings. The number of hydrogen-bond acceptors (Lipinski definition) is 0. The number of quaternary nitrogens is 1. The monoisotopic (exact) mass is 110 g/mol. The first-order valence-corrected chi connectivity index (χ1v) is 3.45. The molecule has 0 radical (unpaired) electrons. The molecule has 1 nitrogen and oxygen atoms in total. The number of rotatable bonds is 0. The summed E-state index contributed by atoms with van der Waals surface area (Å²) in [4.78, 5) is 0. The van der Waals surface area contributed by atoms with Crippen LogP contribution in [0, 0.1) is 0 Å². The van der Waals surface area contributed by atoms with E-state index < -0.39 is 0 Å². The molecule has 0 N–H and O–H groups in total. The Morgan fingerprint density at radius 1 is 1.12 bits per heavy atom. The minimum atomic E-state index is 1.32. The first-order valence-electron chi connectivity index (χ1n) is 3.45. The predicted octanol–water partition coefficient (Wildman–Crippen LogP) is 1.12. The van der Waals surface area contributed by atoms with Crippen molar-refractivity contribution in [1.82, 2.24) is 0 Å². The highest BCUT2D eigenvalue weighted by Gasteiger charge is 2.34. The molecular weight excluding hydrogens is 98.1 g/mol. The fourth-order valence-corrected chi connectivity index (χ4v) is 1.64. The van der Waals surface area contributed by atoms with Gasteiger partial charge in [-0.3, -0.25) is 4.48 Å². The molecule has 0 unspecified atom stereocenters. The minimum absolute atomic E-state index is 1.32. The van der Waals surface area contributed by atoms with E-state index in [1.165, 1.54) is 37.0 Å². The zero-order valence-corrected chi connectivity index (χ0v) is 5.14. The van der Waals surface area contributed by atoms with Gasteiger partial charge in [-0.1, -0.05) is 0 Å². The van der Waals surface area contributed by atoms with Gasteiger partial charge in [0.25, 0.3) is 0 Å². The van der Waals surface area contributed by atoms with E-state index in [1.54, 1.807) is 0 Å². The van der Waals surface area contributed by atoms with Gasteiger partial charge in [-0.2, -0.15) is 0 Å². The maximum atomic E-state index is 2.38. The number of hydrogen-bond donors (Lipinski definition) is 0. The molecule has 0 saturated carbocycles. The lowest BCUT2D eigenvalue weighted by Crippen LogP contribution is -2.51. The Kier molecular flexibility index (Phi) is 0.770. The van der Waals surface area contributed by atoms with Gasteiger partial charge in [-0.25, -0.2) is 0 Å². The van der Waals surface area contributed by atoms with E-state index >= 15 is 0 Å². The molecule has 1 spiro atoms. The van der Waals surface area contributed by atoms with Crippen LogP contribution < -0.4 is 0 Å². The predicted molar refractivity (Wildman–Crippen MR) is 33.2 cm³/mol. The summed E-state index contributed by atoms with van der Waals surface area (Å²) in [6.07, 6.45) is 7.47. The molecule has 44 valence electrons. The Labute approximate surface area is 50.2 Å². The van der Waals surface area contributed by atoms with Crippen molar-refractivity contribution in [3.05, 3.63) is 12.3 Å². The quantitative estimate of drug-likeness (QED) is 0.410. The molecule has 0 atom stereocenters. The summed E-state index contributed by atoms with van der Waals surface area (Å²) in [5, 5.41) is 0. The summed E-state index contributed by atoms with van der Waals surface area (Å²) < 4.78 is 1.32. The van der Waals surface area contributed by atoms with Crippen LogP contribution in [0.4, 0.5) is 0 Å². The topological polar surface area (TPSA) is 0 Å². The third kappa shape index (κ3) is 0.451. The summed E-state index contributed by atoms with van der Waals surface area (Å²) in [7, 11) is 0. The van der Waals surface area contributed by atoms with Crippen molar-refractivity contribution in [2.45, 2.75) is 12.8 Å². The van der Waals surface area contributed by atoms with E-state index in [0.29, 0.717) is 0 Å². The van der Waals surface area contributed by atoms with Gasteiger partial charge in [0.1, 0.15) is 0 Å². The Bertz CT molecular complexity index is 122. The maximum absolute atomic E-state index is 2.38. The van der Waals surface area contributed by atoms with Crippen LogP contribution in [-0.2, 0) is 0 Å². The Balaban J connectivity index is 2.13. The first-order chi connectivity index (χ1) is 3.91. The summed E-state index contributed by atoms with van der Waals surface area (Å²) in [5.41, 5.74) is 0. The van der Waals surface area contributed by atoms with Crippen LogP contribution in [0.1, 0.15) is 12.8 Å². The largest absolute Gasteiger partial charge is 0.297 e. The summed E-state index contributed by atoms with van der Waals surface area (Å²) in [6, 6.07) is 0. The SMILES string of the molecule is C1=C[N+]2(CC1)CCC2. The third-order valence-electron chi connectivity index (χ3n) is 2.37. The van der Waals surface area contributed by atoms with Crippen LogP contribution >= 0.6 is 0 Å². The van der Waals surface area contributed by atoms with E-state index in [4.69, 9.17) is 0 Å². The lowest BCUT2D eigenvalue weighted by atomic mass is 10.2. The lowest BCUT2D eigenvalue weighted by Gasteiger charge is -2.39. The van der Waals surface area contributed by atoms with E-state index in [2.05, 4.69) is 12.3 Å². The Morgan fingerprint density at radius 2 is 2.00 bits per heavy atom. The van der Waals surface area contributed by atoms with E-state index in [-0.39, 0.29) is 0 Å². The molecule has 0 bridgehead atoms. The van der Waals surface area contributed by atoms with Crippen LogP contribution in [0.2, 0.25) is 0 Å². The summed E-state index contributed by atoms with van der Waals surface area (Å²) in [5.74, 6) is 0. The van der Waals surface area contributed by atoms with Crippen molar-refractivity contribution in [2.75, 3.05) is 19.6 Å². The second kappa shape index (κ2) is 1.35. The van der Waals surface area contributed by atoms with Crippen LogP contribution in [0.5, 0.6) is 0 Å². The van der Waals surface area contributed by atoms with Crippen molar-refractivity contribution in [3.63, 3.8) is 0 Å². The molecule has 2 aliphatic heterocycles. The van der Waals surface area contributed by atoms with Crippen LogP contribution in [0.25, 0.3) is 0 Å². The van der Waals surface area contributed by atoms with Gasteiger partial charge < -0.3 is 0 Å². The van der Waals surface area contributed by atoms with Crippen molar-refractivity contribution in [1.29, 1.82) is 0 Å². The molecule has 2 rings (SSSR count). The Hall–Kier alpha value is -0.300. The molecule has 8 heavy (non-hydrogen) atoms. The molecule has 1 saturated heterocycles. The van der Waals surface area contributed by atoms with Gasteiger partial charge in [0.05, 0.1) is 25.8 Å². The molecule has 0 amide bonds. The van der Waals surface area contributed by atoms with Gasteiger partial charge in [0, 0.05) is 12.8 Å². The highest BCUT2D eigenvalue weighted by atomic mass is 15.4. The molecule has 2 aliphatic rings. The van der Waals surface area contributed by atoms with Crippen LogP contribution in [-0.4, -0.2) is 24.1 Å². The normalized spacial score (nSPS) is 31.0.